The minimum Gasteiger partial charge on any atom is -0.478 e. The number of pyridine rings is 1. The van der Waals surface area contributed by atoms with Crippen LogP contribution in [-0.2, 0) is 11.2 Å². The molecule has 5 rings (SSSR count). The first kappa shape index (κ1) is 24.3. The predicted molar refractivity (Wildman–Crippen MR) is 141 cm³/mol. The summed E-state index contributed by atoms with van der Waals surface area (Å²) in [5.41, 5.74) is 3.17. The maximum absolute atomic E-state index is 13.4. The van der Waals surface area contributed by atoms with E-state index >= 15 is 0 Å². The van der Waals surface area contributed by atoms with Gasteiger partial charge in [0.2, 0.25) is 11.7 Å². The molecule has 3 N–H and O–H groups in total. The van der Waals surface area contributed by atoms with E-state index in [1.54, 1.807) is 12.3 Å². The number of aromatic carboxylic acids is 1. The van der Waals surface area contributed by atoms with Crippen LogP contribution in [0.25, 0.3) is 22.5 Å². The molecule has 2 heterocycles. The van der Waals surface area contributed by atoms with Gasteiger partial charge in [0, 0.05) is 29.9 Å². The van der Waals surface area contributed by atoms with E-state index in [0.29, 0.717) is 22.6 Å². The number of hydrogen-bond acceptors (Lipinski definition) is 6. The van der Waals surface area contributed by atoms with E-state index in [0.717, 1.165) is 11.1 Å². The summed E-state index contributed by atoms with van der Waals surface area (Å²) in [6.07, 6.45) is 1.88. The highest BCUT2D eigenvalue weighted by atomic mass is 16.4. The third-order valence-corrected chi connectivity index (χ3v) is 6.08. The molecule has 1 unspecified atom stereocenters. The number of carboxylic acids is 1. The number of aromatic nitrogens is 5. The topological polar surface area (TPSA) is 143 Å². The number of anilines is 1. The highest BCUT2D eigenvalue weighted by Gasteiger charge is 2.23. The fraction of sp³-hybridized carbons (Fsp3) is 0.0714. The first-order chi connectivity index (χ1) is 18.5. The summed E-state index contributed by atoms with van der Waals surface area (Å²) in [6, 6.07) is 25.0. The fourth-order valence-corrected chi connectivity index (χ4v) is 4.20. The Labute approximate surface area is 216 Å². The summed E-state index contributed by atoms with van der Waals surface area (Å²) in [4.78, 5) is 38.0. The molecule has 10 heteroatoms. The summed E-state index contributed by atoms with van der Waals surface area (Å²) < 4.78 is 1.40. The van der Waals surface area contributed by atoms with Crippen molar-refractivity contribution < 1.29 is 14.7 Å². The van der Waals surface area contributed by atoms with Crippen molar-refractivity contribution in [3.8, 4) is 22.5 Å². The maximum atomic E-state index is 13.4. The Balaban J connectivity index is 1.49. The number of benzene rings is 3. The lowest BCUT2D eigenvalue weighted by Gasteiger charge is -2.20. The molecule has 38 heavy (non-hydrogen) atoms. The predicted octanol–water partition coefficient (Wildman–Crippen LogP) is 3.82. The first-order valence-electron chi connectivity index (χ1n) is 11.7. The molecule has 0 fully saturated rings. The van der Waals surface area contributed by atoms with Crippen LogP contribution in [0.3, 0.4) is 0 Å². The van der Waals surface area contributed by atoms with Crippen LogP contribution in [-0.4, -0.2) is 42.2 Å². The summed E-state index contributed by atoms with van der Waals surface area (Å²) in [5.74, 6) is -1.06. The molecule has 0 aliphatic rings. The van der Waals surface area contributed by atoms with Gasteiger partial charge in [-0.2, -0.15) is 5.21 Å². The number of hydrogen-bond donors (Lipinski definition) is 3. The number of rotatable bonds is 8. The second kappa shape index (κ2) is 10.7. The molecule has 3 aromatic carbocycles. The second-order valence-corrected chi connectivity index (χ2v) is 8.52. The van der Waals surface area contributed by atoms with Crippen LogP contribution >= 0.6 is 0 Å². The summed E-state index contributed by atoms with van der Waals surface area (Å²) in [6.45, 7) is 0. The Morgan fingerprint density at radius 2 is 1.63 bits per heavy atom. The number of amides is 1. The van der Waals surface area contributed by atoms with Crippen LogP contribution in [0.2, 0.25) is 0 Å². The number of aromatic amines is 1. The van der Waals surface area contributed by atoms with Crippen LogP contribution in [0.5, 0.6) is 0 Å². The molecule has 1 amide bonds. The van der Waals surface area contributed by atoms with Crippen molar-refractivity contribution in [1.82, 2.24) is 25.2 Å². The van der Waals surface area contributed by atoms with Crippen molar-refractivity contribution >= 4 is 17.6 Å². The molecule has 1 atom stereocenters. The highest BCUT2D eigenvalue weighted by Crippen LogP contribution is 2.29. The Morgan fingerprint density at radius 1 is 0.921 bits per heavy atom. The number of nitrogens with zero attached hydrogens (tertiary/aromatic N) is 4. The zero-order valence-electron chi connectivity index (χ0n) is 20.0. The Morgan fingerprint density at radius 3 is 2.29 bits per heavy atom. The van der Waals surface area contributed by atoms with E-state index in [9.17, 15) is 14.4 Å². The number of carboxylic acid groups (broad SMARTS) is 1. The van der Waals surface area contributed by atoms with Gasteiger partial charge in [-0.3, -0.25) is 9.59 Å². The third kappa shape index (κ3) is 5.24. The van der Waals surface area contributed by atoms with Crippen LogP contribution in [0.15, 0.2) is 102 Å². The molecule has 2 aromatic heterocycles. The first-order valence-corrected chi connectivity index (χ1v) is 11.7. The molecule has 10 nitrogen and oxygen atoms in total. The Hall–Kier alpha value is -5.38. The lowest BCUT2D eigenvalue weighted by atomic mass is 9.99. The average Bonchev–Trinajstić information content (AvgIpc) is 3.48. The van der Waals surface area contributed by atoms with Crippen LogP contribution in [0, 0.1) is 0 Å². The maximum Gasteiger partial charge on any atom is 0.335 e. The van der Waals surface area contributed by atoms with Crippen molar-refractivity contribution in [3.05, 3.63) is 119 Å². The van der Waals surface area contributed by atoms with Crippen molar-refractivity contribution in [2.75, 3.05) is 5.32 Å². The van der Waals surface area contributed by atoms with Crippen molar-refractivity contribution in [3.63, 3.8) is 0 Å². The Bertz CT molecular complexity index is 1630. The molecule has 188 valence electrons. The van der Waals surface area contributed by atoms with Crippen LogP contribution in [0.1, 0.15) is 22.0 Å². The quantitative estimate of drug-likeness (QED) is 0.290. The van der Waals surface area contributed by atoms with Crippen molar-refractivity contribution in [1.29, 1.82) is 0 Å². The fourth-order valence-electron chi connectivity index (χ4n) is 4.20. The Kier molecular flexibility index (Phi) is 6.85. The van der Waals surface area contributed by atoms with Crippen LogP contribution in [0.4, 0.5) is 5.69 Å². The van der Waals surface area contributed by atoms with E-state index in [1.165, 1.54) is 34.9 Å². The summed E-state index contributed by atoms with van der Waals surface area (Å²) in [7, 11) is 0. The minimum absolute atomic E-state index is 0.108. The lowest BCUT2D eigenvalue weighted by molar-refractivity contribution is -0.119. The average molecular weight is 507 g/mol. The van der Waals surface area contributed by atoms with Gasteiger partial charge in [-0.25, -0.2) is 4.79 Å². The number of carbonyl (C=O) groups is 2. The normalized spacial score (nSPS) is 11.6. The molecule has 0 aliphatic heterocycles. The second-order valence-electron chi connectivity index (χ2n) is 8.52. The smallest absolute Gasteiger partial charge is 0.335 e. The van der Waals surface area contributed by atoms with Crippen molar-refractivity contribution in [2.45, 2.75) is 12.5 Å². The molecule has 0 saturated heterocycles. The molecule has 0 saturated carbocycles. The zero-order chi connectivity index (χ0) is 26.5. The monoisotopic (exact) mass is 506 g/mol. The molecule has 5 aromatic rings. The number of carbonyl (C=O) groups excluding carboxylic acids is 1. The van der Waals surface area contributed by atoms with Crippen molar-refractivity contribution in [2.24, 2.45) is 0 Å². The largest absolute Gasteiger partial charge is 0.478 e. The van der Waals surface area contributed by atoms with Gasteiger partial charge >= 0.3 is 5.97 Å². The van der Waals surface area contributed by atoms with Gasteiger partial charge in [0.25, 0.3) is 5.56 Å². The van der Waals surface area contributed by atoms with E-state index in [-0.39, 0.29) is 17.5 Å². The minimum atomic E-state index is -1.06. The molecule has 0 radical (unpaired) electrons. The molecular weight excluding hydrogens is 484 g/mol. The van der Waals surface area contributed by atoms with Gasteiger partial charge in [-0.1, -0.05) is 54.6 Å². The number of nitrogens with one attached hydrogen (secondary N) is 2. The van der Waals surface area contributed by atoms with E-state index < -0.39 is 17.9 Å². The highest BCUT2D eigenvalue weighted by molar-refractivity contribution is 5.95. The summed E-state index contributed by atoms with van der Waals surface area (Å²) >= 11 is 0. The number of H-pyrrole nitrogens is 1. The molecule has 0 aliphatic carbocycles. The molecular formula is C28H22N6O4. The van der Waals surface area contributed by atoms with E-state index in [2.05, 4.69) is 25.9 Å². The van der Waals surface area contributed by atoms with Crippen LogP contribution < -0.4 is 10.9 Å². The van der Waals surface area contributed by atoms with Gasteiger partial charge in [0.05, 0.1) is 5.56 Å². The van der Waals surface area contributed by atoms with Gasteiger partial charge in [0.1, 0.15) is 6.04 Å². The lowest BCUT2D eigenvalue weighted by Crippen LogP contribution is -2.34. The standard InChI is InChI=1S/C28H22N6O4/c35-25-17-20(22-8-4-5-9-23(22)26-30-32-33-31-26)14-15-34(25)24(16-18-6-2-1-3-7-18)27(36)29-21-12-10-19(11-13-21)28(37)38/h1-15,17,24H,16H2,(H,29,36)(H,37,38)(H,30,31,32,33). The zero-order valence-corrected chi connectivity index (χ0v) is 20.0. The van der Waals surface area contributed by atoms with Gasteiger partial charge < -0.3 is 15.0 Å². The SMILES string of the molecule is O=C(O)c1ccc(NC(=O)C(Cc2ccccc2)n2ccc(-c3ccccc3-c3nn[nH]n3)cc2=O)cc1. The summed E-state index contributed by atoms with van der Waals surface area (Å²) in [5, 5.41) is 26.1. The van der Waals surface area contributed by atoms with Gasteiger partial charge in [-0.15, -0.1) is 10.2 Å². The van der Waals surface area contributed by atoms with E-state index in [1.807, 2.05) is 54.6 Å². The van der Waals surface area contributed by atoms with Gasteiger partial charge in [0.15, 0.2) is 0 Å². The third-order valence-electron chi connectivity index (χ3n) is 6.08. The van der Waals surface area contributed by atoms with E-state index in [4.69, 9.17) is 5.11 Å². The van der Waals surface area contributed by atoms with Gasteiger partial charge in [-0.05, 0) is 52.2 Å². The number of tetrazole rings is 1. The molecule has 0 bridgehead atoms. The molecule has 0 spiro atoms.